The summed E-state index contributed by atoms with van der Waals surface area (Å²) >= 11 is 0. The Hall–Kier alpha value is -1.07. The van der Waals surface area contributed by atoms with Crippen molar-refractivity contribution in [2.45, 2.75) is 26.5 Å². The first-order chi connectivity index (χ1) is 6.60. The van der Waals surface area contributed by atoms with Crippen LogP contribution in [0.1, 0.15) is 28.9 Å². The molecule has 78 valence electrons. The van der Waals surface area contributed by atoms with Gasteiger partial charge >= 0.3 is 0 Å². The van der Waals surface area contributed by atoms with Gasteiger partial charge in [0.15, 0.2) is 0 Å². The lowest BCUT2D eigenvalue weighted by Gasteiger charge is -2.11. The topological polar surface area (TPSA) is 59.1 Å². The minimum Gasteiger partial charge on any atom is -0.390 e. The molecule has 0 bridgehead atoms. The molecule has 0 saturated heterocycles. The fourth-order valence-electron chi connectivity index (χ4n) is 1.34. The van der Waals surface area contributed by atoms with Crippen molar-refractivity contribution in [3.05, 3.63) is 28.6 Å². The predicted octanol–water partition coefficient (Wildman–Crippen LogP) is 1.28. The Labute approximate surface area is 80.6 Å². The molecule has 1 aromatic heterocycles. The van der Waals surface area contributed by atoms with Gasteiger partial charge in [0.25, 0.3) is 6.43 Å². The van der Waals surface area contributed by atoms with Crippen LogP contribution in [0.5, 0.6) is 0 Å². The zero-order valence-corrected chi connectivity index (χ0v) is 7.80. The summed E-state index contributed by atoms with van der Waals surface area (Å²) in [4.78, 5) is 3.84. The third kappa shape index (κ3) is 2.05. The number of hydrogen-bond acceptors (Lipinski definition) is 3. The number of hydrogen-bond donors (Lipinski definition) is 2. The summed E-state index contributed by atoms with van der Waals surface area (Å²) in [6, 6.07) is 1.51. The van der Waals surface area contributed by atoms with E-state index < -0.39 is 13.0 Å². The number of alkyl halides is 2. The van der Waals surface area contributed by atoms with E-state index in [9.17, 15) is 8.78 Å². The van der Waals surface area contributed by atoms with Gasteiger partial charge in [-0.3, -0.25) is 4.98 Å². The van der Waals surface area contributed by atoms with Gasteiger partial charge in [0.1, 0.15) is 0 Å². The van der Waals surface area contributed by atoms with E-state index in [1.54, 1.807) is 6.92 Å². The van der Waals surface area contributed by atoms with Gasteiger partial charge in [-0.25, -0.2) is 8.78 Å². The Balaban J connectivity index is 3.27. The van der Waals surface area contributed by atoms with Gasteiger partial charge in [0.05, 0.1) is 18.0 Å². The molecule has 0 aliphatic rings. The Kier molecular flexibility index (Phi) is 3.49. The molecule has 0 fully saturated rings. The van der Waals surface area contributed by atoms with E-state index in [1.807, 2.05) is 0 Å². The van der Waals surface area contributed by atoms with Crippen molar-refractivity contribution in [2.75, 3.05) is 0 Å². The molecule has 0 spiro atoms. The number of aryl methyl sites for hydroxylation is 1. The van der Waals surface area contributed by atoms with Crippen molar-refractivity contribution in [3.63, 3.8) is 0 Å². The summed E-state index contributed by atoms with van der Waals surface area (Å²) in [6.45, 7) is 1.24. The van der Waals surface area contributed by atoms with Gasteiger partial charge in [0.2, 0.25) is 0 Å². The lowest BCUT2D eigenvalue weighted by Crippen LogP contribution is -2.08. The summed E-state index contributed by atoms with van der Waals surface area (Å²) in [7, 11) is 0. The molecule has 1 aromatic rings. The first-order valence-corrected chi connectivity index (χ1v) is 4.18. The van der Waals surface area contributed by atoms with Crippen LogP contribution in [0, 0.1) is 6.92 Å². The van der Waals surface area contributed by atoms with Crippen molar-refractivity contribution in [2.24, 2.45) is 5.73 Å². The molecule has 0 atom stereocenters. The van der Waals surface area contributed by atoms with E-state index in [1.165, 1.54) is 6.07 Å². The first kappa shape index (κ1) is 11.0. The van der Waals surface area contributed by atoms with Gasteiger partial charge < -0.3 is 10.8 Å². The lowest BCUT2D eigenvalue weighted by atomic mass is 10.1. The maximum Gasteiger partial charge on any atom is 0.265 e. The molecule has 1 heterocycles. The number of halogens is 2. The number of aliphatic hydroxyl groups excluding tert-OH is 1. The molecular formula is C9H12F2N2O. The molecule has 14 heavy (non-hydrogen) atoms. The molecule has 0 aromatic carbocycles. The van der Waals surface area contributed by atoms with Crippen LogP contribution >= 0.6 is 0 Å². The Morgan fingerprint density at radius 1 is 1.57 bits per heavy atom. The average Bonchev–Trinajstić information content (AvgIpc) is 2.15. The third-order valence-corrected chi connectivity index (χ3v) is 1.97. The first-order valence-electron chi connectivity index (χ1n) is 4.18. The van der Waals surface area contributed by atoms with Crippen LogP contribution in [0.15, 0.2) is 6.07 Å². The van der Waals surface area contributed by atoms with Crippen molar-refractivity contribution in [1.82, 2.24) is 4.98 Å². The molecule has 5 heteroatoms. The summed E-state index contributed by atoms with van der Waals surface area (Å²) in [6.07, 6.45) is -2.61. The number of aromatic nitrogens is 1. The van der Waals surface area contributed by atoms with E-state index in [0.29, 0.717) is 11.3 Å². The van der Waals surface area contributed by atoms with Crippen molar-refractivity contribution >= 4 is 0 Å². The van der Waals surface area contributed by atoms with E-state index in [2.05, 4.69) is 4.98 Å². The Morgan fingerprint density at radius 3 is 2.64 bits per heavy atom. The van der Waals surface area contributed by atoms with Crippen LogP contribution in [0.2, 0.25) is 0 Å². The van der Waals surface area contributed by atoms with E-state index in [-0.39, 0.29) is 17.8 Å². The largest absolute Gasteiger partial charge is 0.390 e. The molecule has 0 aliphatic heterocycles. The summed E-state index contributed by atoms with van der Waals surface area (Å²) in [5.41, 5.74) is 6.09. The van der Waals surface area contributed by atoms with E-state index >= 15 is 0 Å². The molecule has 3 N–H and O–H groups in total. The molecule has 0 saturated carbocycles. The minimum atomic E-state index is -2.61. The summed E-state index contributed by atoms with van der Waals surface area (Å²) in [5.74, 6) is 0. The maximum atomic E-state index is 12.5. The van der Waals surface area contributed by atoms with Gasteiger partial charge in [-0.05, 0) is 18.6 Å². The highest BCUT2D eigenvalue weighted by Crippen LogP contribution is 2.25. The highest BCUT2D eigenvalue weighted by molar-refractivity contribution is 5.32. The van der Waals surface area contributed by atoms with Crippen molar-refractivity contribution < 1.29 is 13.9 Å². The number of pyridine rings is 1. The second-order valence-corrected chi connectivity index (χ2v) is 2.95. The van der Waals surface area contributed by atoms with Crippen LogP contribution in [0.4, 0.5) is 8.78 Å². The fourth-order valence-corrected chi connectivity index (χ4v) is 1.34. The number of aliphatic hydroxyl groups is 1. The third-order valence-electron chi connectivity index (χ3n) is 1.97. The number of nitrogens with two attached hydrogens (primary N) is 1. The van der Waals surface area contributed by atoms with Gasteiger partial charge in [-0.2, -0.15) is 0 Å². The van der Waals surface area contributed by atoms with Crippen LogP contribution in [0.3, 0.4) is 0 Å². The molecule has 0 unspecified atom stereocenters. The van der Waals surface area contributed by atoms with Crippen LogP contribution < -0.4 is 5.73 Å². The lowest BCUT2D eigenvalue weighted by molar-refractivity contribution is 0.145. The van der Waals surface area contributed by atoms with Crippen molar-refractivity contribution in [1.29, 1.82) is 0 Å². The SMILES string of the molecule is Cc1cc(CN)nc(CO)c1C(F)F. The maximum absolute atomic E-state index is 12.5. The summed E-state index contributed by atoms with van der Waals surface area (Å²) < 4.78 is 25.1. The second-order valence-electron chi connectivity index (χ2n) is 2.95. The smallest absolute Gasteiger partial charge is 0.265 e. The number of rotatable bonds is 3. The molecule has 1 rings (SSSR count). The summed E-state index contributed by atoms with van der Waals surface area (Å²) in [5, 5.41) is 8.88. The monoisotopic (exact) mass is 202 g/mol. The standard InChI is InChI=1S/C9H12F2N2O/c1-5-2-6(3-12)13-7(4-14)8(5)9(10)11/h2,9,14H,3-4,12H2,1H3. The van der Waals surface area contributed by atoms with Crippen LogP contribution in [0.25, 0.3) is 0 Å². The highest BCUT2D eigenvalue weighted by atomic mass is 19.3. The molecule has 0 radical (unpaired) electrons. The fraction of sp³-hybridized carbons (Fsp3) is 0.444. The van der Waals surface area contributed by atoms with E-state index in [4.69, 9.17) is 10.8 Å². The minimum absolute atomic E-state index is 0.0143. The molecule has 3 nitrogen and oxygen atoms in total. The normalized spacial score (nSPS) is 11.0. The van der Waals surface area contributed by atoms with Gasteiger partial charge in [-0.15, -0.1) is 0 Å². The zero-order chi connectivity index (χ0) is 10.7. The Morgan fingerprint density at radius 2 is 2.21 bits per heavy atom. The van der Waals surface area contributed by atoms with Gasteiger partial charge in [0, 0.05) is 12.1 Å². The predicted molar refractivity (Wildman–Crippen MR) is 47.7 cm³/mol. The molecule has 0 amide bonds. The van der Waals surface area contributed by atoms with Crippen LogP contribution in [-0.4, -0.2) is 10.1 Å². The highest BCUT2D eigenvalue weighted by Gasteiger charge is 2.17. The quantitative estimate of drug-likeness (QED) is 0.776. The number of nitrogens with zero attached hydrogens (tertiary/aromatic N) is 1. The van der Waals surface area contributed by atoms with Gasteiger partial charge in [-0.1, -0.05) is 0 Å². The average molecular weight is 202 g/mol. The van der Waals surface area contributed by atoms with E-state index in [0.717, 1.165) is 0 Å². The van der Waals surface area contributed by atoms with Crippen molar-refractivity contribution in [3.8, 4) is 0 Å². The van der Waals surface area contributed by atoms with Crippen LogP contribution in [-0.2, 0) is 13.2 Å². The molecular weight excluding hydrogens is 190 g/mol. The molecule has 0 aliphatic carbocycles. The Bertz CT molecular complexity index is 329. The zero-order valence-electron chi connectivity index (χ0n) is 7.80. The second kappa shape index (κ2) is 4.43.